The molecule has 2 aliphatic heterocycles. The lowest BCUT2D eigenvalue weighted by atomic mass is 10.4. The Morgan fingerprint density at radius 1 is 1.25 bits per heavy atom. The fraction of sp³-hybridized carbons (Fsp3) is 0.556. The number of likely N-dealkylation sites (N-methyl/N-ethyl adjacent to an activating group) is 1. The minimum atomic E-state index is 1.06. The highest BCUT2D eigenvalue weighted by atomic mass is 15.6. The molecule has 0 aromatic heterocycles. The molecule has 1 fully saturated rings. The molecule has 2 heterocycles. The van der Waals surface area contributed by atoms with Gasteiger partial charge in [0.05, 0.1) is 18.8 Å². The van der Waals surface area contributed by atoms with E-state index in [9.17, 15) is 0 Å². The van der Waals surface area contributed by atoms with Gasteiger partial charge in [0.25, 0.3) is 0 Å². The average Bonchev–Trinajstić information content (AvgIpc) is 2.28. The van der Waals surface area contributed by atoms with Crippen LogP contribution in [0.3, 0.4) is 0 Å². The van der Waals surface area contributed by atoms with Gasteiger partial charge in [0, 0.05) is 19.3 Å². The number of nitrogens with zero attached hydrogens (tertiary/aromatic N) is 3. The summed E-state index contributed by atoms with van der Waals surface area (Å²) in [4.78, 5) is 2.35. The summed E-state index contributed by atoms with van der Waals surface area (Å²) in [5.74, 6) is 0. The molecular formula is C9H15N3. The van der Waals surface area contributed by atoms with Crippen molar-refractivity contribution in [1.29, 1.82) is 0 Å². The van der Waals surface area contributed by atoms with E-state index in [0.717, 1.165) is 31.9 Å². The van der Waals surface area contributed by atoms with E-state index < -0.39 is 0 Å². The molecule has 0 amide bonds. The average molecular weight is 165 g/mol. The van der Waals surface area contributed by atoms with Gasteiger partial charge in [-0.1, -0.05) is 6.58 Å². The third-order valence-electron chi connectivity index (χ3n) is 2.48. The maximum Gasteiger partial charge on any atom is 0.0523 e. The summed E-state index contributed by atoms with van der Waals surface area (Å²) >= 11 is 0. The van der Waals surface area contributed by atoms with Crippen LogP contribution >= 0.6 is 0 Å². The highest BCUT2D eigenvalue weighted by Gasteiger charge is 2.21. The molecule has 0 saturated carbocycles. The van der Waals surface area contributed by atoms with Crippen molar-refractivity contribution < 1.29 is 0 Å². The first kappa shape index (κ1) is 7.68. The van der Waals surface area contributed by atoms with Crippen molar-refractivity contribution >= 4 is 0 Å². The lowest BCUT2D eigenvalue weighted by Crippen LogP contribution is -2.34. The van der Waals surface area contributed by atoms with Gasteiger partial charge in [-0.05, 0) is 13.1 Å². The van der Waals surface area contributed by atoms with Crippen molar-refractivity contribution in [2.24, 2.45) is 0 Å². The first-order chi connectivity index (χ1) is 5.77. The zero-order valence-electron chi connectivity index (χ0n) is 7.53. The van der Waals surface area contributed by atoms with Crippen molar-refractivity contribution in [2.45, 2.75) is 0 Å². The van der Waals surface area contributed by atoms with E-state index in [0.29, 0.717) is 0 Å². The largest absolute Gasteiger partial charge is 0.303 e. The summed E-state index contributed by atoms with van der Waals surface area (Å²) in [6.45, 7) is 8.37. The zero-order valence-corrected chi connectivity index (χ0v) is 7.53. The Hall–Kier alpha value is -0.960. The summed E-state index contributed by atoms with van der Waals surface area (Å²) < 4.78 is 0. The molecule has 0 spiro atoms. The van der Waals surface area contributed by atoms with Crippen LogP contribution in [0.4, 0.5) is 0 Å². The second-order valence-electron chi connectivity index (χ2n) is 3.40. The lowest BCUT2D eigenvalue weighted by molar-refractivity contribution is 0.0997. The molecule has 3 heteroatoms. The molecule has 3 nitrogen and oxygen atoms in total. The Morgan fingerprint density at radius 3 is 2.83 bits per heavy atom. The monoisotopic (exact) mass is 165 g/mol. The summed E-state index contributed by atoms with van der Waals surface area (Å²) in [6.07, 6.45) is 4.19. The van der Waals surface area contributed by atoms with Crippen LogP contribution in [-0.4, -0.2) is 48.1 Å². The first-order valence-electron chi connectivity index (χ1n) is 4.37. The minimum Gasteiger partial charge on any atom is -0.303 e. The van der Waals surface area contributed by atoms with Crippen LogP contribution in [0.25, 0.3) is 0 Å². The van der Waals surface area contributed by atoms with Gasteiger partial charge in [0.1, 0.15) is 0 Å². The number of rotatable bonds is 0. The number of hydrogen-bond donors (Lipinski definition) is 0. The van der Waals surface area contributed by atoms with Crippen molar-refractivity contribution in [3.63, 3.8) is 0 Å². The van der Waals surface area contributed by atoms with Gasteiger partial charge in [0.15, 0.2) is 0 Å². The molecular weight excluding hydrogens is 150 g/mol. The van der Waals surface area contributed by atoms with E-state index in [1.165, 1.54) is 0 Å². The number of allylic oxidation sites excluding steroid dienone is 1. The Bertz CT molecular complexity index is 222. The van der Waals surface area contributed by atoms with Crippen LogP contribution < -0.4 is 0 Å². The number of hydrazine groups is 1. The molecule has 1 saturated heterocycles. The van der Waals surface area contributed by atoms with Crippen LogP contribution in [0, 0.1) is 0 Å². The van der Waals surface area contributed by atoms with Crippen molar-refractivity contribution in [3.05, 3.63) is 24.6 Å². The maximum absolute atomic E-state index is 3.98. The predicted molar refractivity (Wildman–Crippen MR) is 49.2 cm³/mol. The number of hydrogen-bond acceptors (Lipinski definition) is 3. The second-order valence-corrected chi connectivity index (χ2v) is 3.40. The van der Waals surface area contributed by atoms with Gasteiger partial charge in [-0.3, -0.25) is 10.0 Å². The molecule has 0 aromatic carbocycles. The molecule has 2 rings (SSSR count). The Labute approximate surface area is 73.5 Å². The molecule has 2 aliphatic rings. The van der Waals surface area contributed by atoms with Crippen LogP contribution in [0.15, 0.2) is 24.6 Å². The Morgan fingerprint density at radius 2 is 2.00 bits per heavy atom. The number of fused-ring (bicyclic) bond motifs is 1. The second kappa shape index (κ2) is 2.83. The van der Waals surface area contributed by atoms with Gasteiger partial charge in [0.2, 0.25) is 0 Å². The van der Waals surface area contributed by atoms with Crippen LogP contribution in [0.5, 0.6) is 0 Å². The van der Waals surface area contributed by atoms with E-state index in [1.54, 1.807) is 0 Å². The van der Waals surface area contributed by atoms with E-state index in [4.69, 9.17) is 0 Å². The maximum atomic E-state index is 3.98. The van der Waals surface area contributed by atoms with E-state index in [-0.39, 0.29) is 0 Å². The fourth-order valence-corrected chi connectivity index (χ4v) is 1.62. The van der Waals surface area contributed by atoms with Crippen molar-refractivity contribution in [3.8, 4) is 0 Å². The normalized spacial score (nSPS) is 24.6. The van der Waals surface area contributed by atoms with Crippen molar-refractivity contribution in [1.82, 2.24) is 14.9 Å². The third kappa shape index (κ3) is 1.20. The highest BCUT2D eigenvalue weighted by Crippen LogP contribution is 2.18. The lowest BCUT2D eigenvalue weighted by Gasteiger charge is -2.28. The van der Waals surface area contributed by atoms with Crippen LogP contribution in [0.1, 0.15) is 0 Å². The quantitative estimate of drug-likeness (QED) is 0.517. The predicted octanol–water partition coefficient (Wildman–Crippen LogP) is 0.492. The Kier molecular flexibility index (Phi) is 1.81. The van der Waals surface area contributed by atoms with Gasteiger partial charge >= 0.3 is 0 Å². The van der Waals surface area contributed by atoms with Gasteiger partial charge in [-0.25, -0.2) is 0 Å². The molecule has 66 valence electrons. The molecule has 0 unspecified atom stereocenters. The van der Waals surface area contributed by atoms with E-state index in [1.807, 2.05) is 0 Å². The SMILES string of the molecule is C=C1C=CN2CCN(C)CCN12. The third-order valence-corrected chi connectivity index (χ3v) is 2.48. The van der Waals surface area contributed by atoms with E-state index >= 15 is 0 Å². The van der Waals surface area contributed by atoms with Crippen LogP contribution in [-0.2, 0) is 0 Å². The summed E-state index contributed by atoms with van der Waals surface area (Å²) in [5, 5.41) is 4.48. The zero-order chi connectivity index (χ0) is 8.55. The molecule has 0 aliphatic carbocycles. The summed E-state index contributed by atoms with van der Waals surface area (Å²) in [5.41, 5.74) is 1.12. The van der Waals surface area contributed by atoms with Crippen LogP contribution in [0.2, 0.25) is 0 Å². The summed E-state index contributed by atoms with van der Waals surface area (Å²) in [7, 11) is 2.16. The standard InChI is InChI=1S/C9H15N3/c1-9-3-4-11-7-5-10(2)6-8-12(9)11/h3-4H,1,5-8H2,2H3. The molecule has 0 atom stereocenters. The molecule has 0 radical (unpaired) electrons. The molecule has 0 aromatic rings. The Balaban J connectivity index is 2.09. The topological polar surface area (TPSA) is 9.72 Å². The molecule has 0 bridgehead atoms. The van der Waals surface area contributed by atoms with E-state index in [2.05, 4.69) is 40.8 Å². The van der Waals surface area contributed by atoms with Gasteiger partial charge in [-0.15, -0.1) is 0 Å². The van der Waals surface area contributed by atoms with Gasteiger partial charge in [-0.2, -0.15) is 0 Å². The highest BCUT2D eigenvalue weighted by molar-refractivity contribution is 5.18. The fourth-order valence-electron chi connectivity index (χ4n) is 1.62. The van der Waals surface area contributed by atoms with Crippen molar-refractivity contribution in [2.75, 3.05) is 33.2 Å². The minimum absolute atomic E-state index is 1.06. The smallest absolute Gasteiger partial charge is 0.0523 e. The molecule has 0 N–H and O–H groups in total. The first-order valence-corrected chi connectivity index (χ1v) is 4.37. The summed E-state index contributed by atoms with van der Waals surface area (Å²) in [6, 6.07) is 0. The van der Waals surface area contributed by atoms with Gasteiger partial charge < -0.3 is 4.90 Å². The molecule has 12 heavy (non-hydrogen) atoms.